The van der Waals surface area contributed by atoms with Crippen LogP contribution in [0.2, 0.25) is 0 Å². The maximum atomic E-state index is 12.0. The summed E-state index contributed by atoms with van der Waals surface area (Å²) in [6, 6.07) is -0.702. The van der Waals surface area contributed by atoms with Crippen molar-refractivity contribution < 1.29 is 14.4 Å². The quantitative estimate of drug-likeness (QED) is 0.424. The van der Waals surface area contributed by atoms with E-state index in [4.69, 9.17) is 9.57 Å². The standard InChI is InChI=1S/C17H23NO3/c1-5-20-17(19)16(12(4)11(2)3)18-21-10-15-13-7-6-8-14(15)9-13/h6-8,13,15-16,18H,2,4-5,9-10H2,1,3H3. The molecular formula is C17H23NO3. The molecule has 3 aliphatic rings. The molecule has 0 amide bonds. The first-order chi connectivity index (χ1) is 10.0. The van der Waals surface area contributed by atoms with Gasteiger partial charge in [-0.05, 0) is 31.8 Å². The molecule has 114 valence electrons. The zero-order valence-corrected chi connectivity index (χ0v) is 12.7. The van der Waals surface area contributed by atoms with Crippen LogP contribution < -0.4 is 5.48 Å². The summed E-state index contributed by atoms with van der Waals surface area (Å²) in [4.78, 5) is 17.5. The molecule has 1 saturated carbocycles. The predicted octanol–water partition coefficient (Wildman–Crippen LogP) is 2.70. The highest BCUT2D eigenvalue weighted by atomic mass is 16.6. The minimum atomic E-state index is -0.702. The lowest BCUT2D eigenvalue weighted by Crippen LogP contribution is -2.42. The molecule has 2 bridgehead atoms. The van der Waals surface area contributed by atoms with E-state index in [2.05, 4.69) is 36.9 Å². The smallest absolute Gasteiger partial charge is 0.330 e. The Kier molecular flexibility index (Phi) is 5.15. The fraction of sp³-hybridized carbons (Fsp3) is 0.471. The fourth-order valence-electron chi connectivity index (χ4n) is 2.58. The minimum absolute atomic E-state index is 0.322. The number of allylic oxidation sites excluding steroid dienone is 3. The van der Waals surface area contributed by atoms with E-state index in [-0.39, 0.29) is 0 Å². The van der Waals surface area contributed by atoms with E-state index in [1.807, 2.05) is 6.92 Å². The summed E-state index contributed by atoms with van der Waals surface area (Å²) < 4.78 is 5.04. The van der Waals surface area contributed by atoms with Crippen LogP contribution in [-0.2, 0) is 14.4 Å². The molecule has 0 aliphatic heterocycles. The summed E-state index contributed by atoms with van der Waals surface area (Å²) >= 11 is 0. The number of ether oxygens (including phenoxy) is 1. The lowest BCUT2D eigenvalue weighted by Gasteiger charge is -2.40. The first kappa shape index (κ1) is 15.7. The lowest BCUT2D eigenvalue weighted by atomic mass is 9.67. The average molecular weight is 289 g/mol. The maximum absolute atomic E-state index is 12.0. The van der Waals surface area contributed by atoms with Gasteiger partial charge in [0.2, 0.25) is 0 Å². The second-order valence-corrected chi connectivity index (χ2v) is 5.52. The highest BCUT2D eigenvalue weighted by Gasteiger charge is 2.36. The van der Waals surface area contributed by atoms with Crippen molar-refractivity contribution in [3.63, 3.8) is 0 Å². The number of fused-ring (bicyclic) bond motifs is 1. The van der Waals surface area contributed by atoms with Gasteiger partial charge < -0.3 is 4.74 Å². The van der Waals surface area contributed by atoms with Crippen LogP contribution in [0.25, 0.3) is 0 Å². The van der Waals surface area contributed by atoms with Crippen molar-refractivity contribution in [3.8, 4) is 0 Å². The molecule has 3 unspecified atom stereocenters. The molecule has 0 radical (unpaired) electrons. The summed E-state index contributed by atoms with van der Waals surface area (Å²) in [5, 5.41) is 0. The molecule has 3 rings (SSSR count). The number of nitrogens with one attached hydrogen (secondary N) is 1. The Morgan fingerprint density at radius 1 is 1.52 bits per heavy atom. The molecular weight excluding hydrogens is 266 g/mol. The number of rotatable bonds is 8. The SMILES string of the molecule is C=C(C)C(=C)C(NOCC1C2=CC=CC1C2)C(=O)OCC. The number of hydrogen-bond acceptors (Lipinski definition) is 4. The first-order valence-corrected chi connectivity index (χ1v) is 7.30. The molecule has 0 spiro atoms. The fourth-order valence-corrected chi connectivity index (χ4v) is 2.58. The molecule has 4 nitrogen and oxygen atoms in total. The zero-order valence-electron chi connectivity index (χ0n) is 12.7. The lowest BCUT2D eigenvalue weighted by molar-refractivity contribution is -0.149. The zero-order chi connectivity index (χ0) is 15.4. The van der Waals surface area contributed by atoms with E-state index >= 15 is 0 Å². The van der Waals surface area contributed by atoms with E-state index in [1.165, 1.54) is 5.57 Å². The molecule has 0 aromatic carbocycles. The Bertz CT molecular complexity index is 504. The third-order valence-electron chi connectivity index (χ3n) is 4.02. The Labute approximate surface area is 126 Å². The molecule has 1 N–H and O–H groups in total. The third kappa shape index (κ3) is 3.52. The highest BCUT2D eigenvalue weighted by Crippen LogP contribution is 2.43. The van der Waals surface area contributed by atoms with Crippen LogP contribution in [0.5, 0.6) is 0 Å². The van der Waals surface area contributed by atoms with Crippen molar-refractivity contribution in [2.24, 2.45) is 11.8 Å². The van der Waals surface area contributed by atoms with Crippen molar-refractivity contribution in [3.05, 3.63) is 48.1 Å². The van der Waals surface area contributed by atoms with Gasteiger partial charge in [-0.25, -0.2) is 4.79 Å². The molecule has 3 atom stereocenters. The summed E-state index contributed by atoms with van der Waals surface area (Å²) in [5.41, 5.74) is 5.52. The van der Waals surface area contributed by atoms with E-state index < -0.39 is 12.0 Å². The first-order valence-electron chi connectivity index (χ1n) is 7.30. The van der Waals surface area contributed by atoms with Crippen molar-refractivity contribution in [2.45, 2.75) is 26.3 Å². The van der Waals surface area contributed by atoms with Gasteiger partial charge in [0.05, 0.1) is 13.2 Å². The Morgan fingerprint density at radius 2 is 2.29 bits per heavy atom. The molecule has 1 fully saturated rings. The Balaban J connectivity index is 1.86. The molecule has 3 aliphatic carbocycles. The topological polar surface area (TPSA) is 47.6 Å². The summed E-state index contributed by atoms with van der Waals surface area (Å²) in [6.45, 7) is 12.1. The minimum Gasteiger partial charge on any atom is -0.465 e. The Hall–Kier alpha value is -1.65. The summed E-state index contributed by atoms with van der Waals surface area (Å²) in [7, 11) is 0. The number of carbonyl (C=O) groups excluding carboxylic acids is 1. The molecule has 21 heavy (non-hydrogen) atoms. The van der Waals surface area contributed by atoms with Gasteiger partial charge in [-0.3, -0.25) is 4.84 Å². The van der Waals surface area contributed by atoms with Crippen LogP contribution in [0.3, 0.4) is 0 Å². The van der Waals surface area contributed by atoms with Crippen LogP contribution >= 0.6 is 0 Å². The predicted molar refractivity (Wildman–Crippen MR) is 82.3 cm³/mol. The van der Waals surface area contributed by atoms with Gasteiger partial charge >= 0.3 is 5.97 Å². The normalized spacial score (nSPS) is 23.8. The van der Waals surface area contributed by atoms with Gasteiger partial charge in [-0.2, -0.15) is 5.48 Å². The third-order valence-corrected chi connectivity index (χ3v) is 4.02. The average Bonchev–Trinajstić information content (AvgIpc) is 2.47. The summed E-state index contributed by atoms with van der Waals surface area (Å²) in [5.74, 6) is 0.596. The molecule has 4 heteroatoms. The Morgan fingerprint density at radius 3 is 2.81 bits per heavy atom. The van der Waals surface area contributed by atoms with Crippen LogP contribution in [0, 0.1) is 11.8 Å². The molecule has 0 aromatic heterocycles. The van der Waals surface area contributed by atoms with Crippen molar-refractivity contribution in [1.82, 2.24) is 5.48 Å². The second-order valence-electron chi connectivity index (χ2n) is 5.52. The van der Waals surface area contributed by atoms with Crippen LogP contribution in [0.4, 0.5) is 0 Å². The van der Waals surface area contributed by atoms with E-state index in [0.29, 0.717) is 30.6 Å². The van der Waals surface area contributed by atoms with Crippen molar-refractivity contribution in [1.29, 1.82) is 0 Å². The van der Waals surface area contributed by atoms with Gasteiger partial charge in [0, 0.05) is 5.92 Å². The number of hydroxylamine groups is 1. The van der Waals surface area contributed by atoms with Crippen LogP contribution in [-0.4, -0.2) is 25.2 Å². The molecule has 0 aromatic rings. The van der Waals surface area contributed by atoms with Gasteiger partial charge in [-0.1, -0.05) is 42.5 Å². The van der Waals surface area contributed by atoms with E-state index in [1.54, 1.807) is 6.92 Å². The van der Waals surface area contributed by atoms with Crippen LogP contribution in [0.15, 0.2) is 48.1 Å². The second kappa shape index (κ2) is 6.87. The number of carbonyl (C=O) groups is 1. The maximum Gasteiger partial charge on any atom is 0.330 e. The summed E-state index contributed by atoms with van der Waals surface area (Å²) in [6.07, 6.45) is 7.57. The highest BCUT2D eigenvalue weighted by molar-refractivity contribution is 5.80. The molecule has 0 saturated heterocycles. The van der Waals surface area contributed by atoms with Crippen molar-refractivity contribution >= 4 is 5.97 Å². The van der Waals surface area contributed by atoms with Crippen molar-refractivity contribution in [2.75, 3.05) is 13.2 Å². The van der Waals surface area contributed by atoms with Gasteiger partial charge in [0.1, 0.15) is 0 Å². The molecule has 0 heterocycles. The van der Waals surface area contributed by atoms with Gasteiger partial charge in [0.15, 0.2) is 6.04 Å². The van der Waals surface area contributed by atoms with Gasteiger partial charge in [0.25, 0.3) is 0 Å². The van der Waals surface area contributed by atoms with Gasteiger partial charge in [-0.15, -0.1) is 0 Å². The van der Waals surface area contributed by atoms with Crippen LogP contribution in [0.1, 0.15) is 20.3 Å². The number of esters is 1. The van der Waals surface area contributed by atoms with E-state index in [9.17, 15) is 4.79 Å². The largest absolute Gasteiger partial charge is 0.465 e. The number of hydrogen-bond donors (Lipinski definition) is 1. The van der Waals surface area contributed by atoms with E-state index in [0.717, 1.165) is 12.0 Å². The monoisotopic (exact) mass is 289 g/mol.